The first-order valence-electron chi connectivity index (χ1n) is 11.0. The maximum absolute atomic E-state index is 12.4. The second kappa shape index (κ2) is 11.4. The highest BCUT2D eigenvalue weighted by Crippen LogP contribution is 2.24. The number of hydrazone groups is 1. The Balaban J connectivity index is 1.50. The molecule has 0 aliphatic heterocycles. The molecule has 0 fully saturated rings. The lowest BCUT2D eigenvalue weighted by atomic mass is 10.2. The summed E-state index contributed by atoms with van der Waals surface area (Å²) in [6, 6.07) is 20.3. The number of benzene rings is 3. The first-order chi connectivity index (χ1) is 17.5. The number of methoxy groups -OCH3 is 2. The molecular weight excluding hydrogens is 478 g/mol. The van der Waals surface area contributed by atoms with Crippen LogP contribution in [0.1, 0.15) is 11.1 Å². The zero-order valence-corrected chi connectivity index (χ0v) is 20.8. The number of aromatic amines is 1. The van der Waals surface area contributed by atoms with Crippen LogP contribution in [0, 0.1) is 6.92 Å². The first kappa shape index (κ1) is 24.8. The minimum Gasteiger partial charge on any atom is -0.870 e. The maximum Gasteiger partial charge on any atom is 0.342 e. The Morgan fingerprint density at radius 3 is 2.56 bits per heavy atom. The molecule has 0 saturated carbocycles. The highest BCUT2D eigenvalue weighted by molar-refractivity contribution is 7.99. The van der Waals surface area contributed by atoms with Crippen molar-refractivity contribution < 1.29 is 23.9 Å². The lowest BCUT2D eigenvalue weighted by molar-refractivity contribution is -0.625. The third-order valence-electron chi connectivity index (χ3n) is 5.25. The van der Waals surface area contributed by atoms with Crippen LogP contribution in [0.5, 0.6) is 17.2 Å². The standard InChI is InChI=1S/C26H25N5O4S/c1-17-4-9-20(10-5-17)31-25(19-7-11-21(34-2)12-8-19)29-30-26(31)36-16-24(33)28-27-15-18-6-13-22(32)23(14-18)35-3/h4-15H,16H2,1-3H3,(H2,27,28,32,33). The largest absolute Gasteiger partial charge is 0.870 e. The van der Waals surface area contributed by atoms with Gasteiger partial charge in [-0.3, -0.25) is 4.79 Å². The number of rotatable bonds is 9. The van der Waals surface area contributed by atoms with Crippen molar-refractivity contribution in [1.82, 2.24) is 15.6 Å². The van der Waals surface area contributed by atoms with E-state index in [0.29, 0.717) is 10.7 Å². The summed E-state index contributed by atoms with van der Waals surface area (Å²) in [5.74, 6) is 1.33. The summed E-state index contributed by atoms with van der Waals surface area (Å²) in [7, 11) is 3.05. The highest BCUT2D eigenvalue weighted by Gasteiger charge is 2.24. The number of carbonyl (C=O) groups is 1. The van der Waals surface area contributed by atoms with Gasteiger partial charge >= 0.3 is 5.16 Å². The molecule has 1 aromatic heterocycles. The van der Waals surface area contributed by atoms with Gasteiger partial charge in [-0.1, -0.05) is 35.6 Å². The Kier molecular flexibility index (Phi) is 7.86. The van der Waals surface area contributed by atoms with E-state index in [9.17, 15) is 9.90 Å². The zero-order valence-electron chi connectivity index (χ0n) is 20.0. The molecule has 0 unspecified atom stereocenters. The Morgan fingerprint density at radius 2 is 1.86 bits per heavy atom. The summed E-state index contributed by atoms with van der Waals surface area (Å²) in [6.07, 6.45) is 1.45. The SMILES string of the molecule is COc1ccc(-c2[nH]nc(SCC(=O)N/N=C/c3ccc([O-])c(OC)c3)[n+]2-c2ccc(C)cc2)cc1. The number of aryl methyl sites for hydroxylation is 1. The molecular formula is C26H25N5O4S. The highest BCUT2D eigenvalue weighted by atomic mass is 32.2. The van der Waals surface area contributed by atoms with Crippen LogP contribution < -0.4 is 24.6 Å². The molecule has 2 N–H and O–H groups in total. The van der Waals surface area contributed by atoms with Crippen molar-refractivity contribution in [3.05, 3.63) is 77.9 Å². The minimum absolute atomic E-state index is 0.0962. The fourth-order valence-electron chi connectivity index (χ4n) is 3.37. The van der Waals surface area contributed by atoms with Crippen LogP contribution in [0.25, 0.3) is 17.1 Å². The Bertz CT molecular complexity index is 1370. The molecule has 4 aromatic rings. The van der Waals surface area contributed by atoms with E-state index in [2.05, 4.69) is 20.7 Å². The quantitative estimate of drug-likeness (QED) is 0.157. The van der Waals surface area contributed by atoms with Crippen LogP contribution in [-0.4, -0.2) is 42.3 Å². The molecule has 36 heavy (non-hydrogen) atoms. The van der Waals surface area contributed by atoms with Crippen molar-refractivity contribution in [3.8, 4) is 34.3 Å². The van der Waals surface area contributed by atoms with Crippen LogP contribution in [-0.2, 0) is 4.79 Å². The van der Waals surface area contributed by atoms with Gasteiger partial charge in [0, 0.05) is 0 Å². The fraction of sp³-hybridized carbons (Fsp3) is 0.154. The van der Waals surface area contributed by atoms with Gasteiger partial charge in [0.15, 0.2) is 0 Å². The van der Waals surface area contributed by atoms with E-state index in [4.69, 9.17) is 9.47 Å². The predicted molar refractivity (Wildman–Crippen MR) is 136 cm³/mol. The third-order valence-corrected chi connectivity index (χ3v) is 6.19. The smallest absolute Gasteiger partial charge is 0.342 e. The lowest BCUT2D eigenvalue weighted by Gasteiger charge is -2.11. The topological polar surface area (TPSA) is 116 Å². The van der Waals surface area contributed by atoms with E-state index in [1.54, 1.807) is 19.2 Å². The Hall–Kier alpha value is -4.31. The number of nitrogens with zero attached hydrogens (tertiary/aromatic N) is 3. The molecule has 0 radical (unpaired) electrons. The fourth-order valence-corrected chi connectivity index (χ4v) is 4.14. The molecule has 0 atom stereocenters. The van der Waals surface area contributed by atoms with Gasteiger partial charge in [0.05, 0.1) is 36.8 Å². The lowest BCUT2D eigenvalue weighted by Crippen LogP contribution is -2.34. The molecule has 0 aliphatic rings. The molecule has 0 bridgehead atoms. The van der Waals surface area contributed by atoms with Crippen molar-refractivity contribution in [2.75, 3.05) is 20.0 Å². The number of ether oxygens (including phenoxy) is 2. The van der Waals surface area contributed by atoms with Crippen molar-refractivity contribution in [2.24, 2.45) is 5.10 Å². The number of carbonyl (C=O) groups excluding carboxylic acids is 1. The van der Waals surface area contributed by atoms with Gasteiger partial charge in [0.25, 0.3) is 11.7 Å². The minimum atomic E-state index is -0.298. The average molecular weight is 504 g/mol. The van der Waals surface area contributed by atoms with Crippen LogP contribution in [0.4, 0.5) is 0 Å². The summed E-state index contributed by atoms with van der Waals surface area (Å²) in [4.78, 5) is 12.4. The number of amides is 1. The molecule has 0 saturated heterocycles. The maximum atomic E-state index is 12.4. The van der Waals surface area contributed by atoms with Gasteiger partial charge in [-0.2, -0.15) is 9.67 Å². The Morgan fingerprint density at radius 1 is 1.11 bits per heavy atom. The number of aromatic nitrogens is 3. The summed E-state index contributed by atoms with van der Waals surface area (Å²) >= 11 is 1.28. The molecule has 0 spiro atoms. The average Bonchev–Trinajstić information content (AvgIpc) is 3.33. The van der Waals surface area contributed by atoms with E-state index in [1.807, 2.05) is 60.0 Å². The molecule has 1 heterocycles. The van der Waals surface area contributed by atoms with Gasteiger partial charge < -0.3 is 14.6 Å². The van der Waals surface area contributed by atoms with Gasteiger partial charge in [-0.15, -0.1) is 5.10 Å². The number of thioether (sulfide) groups is 1. The van der Waals surface area contributed by atoms with Gasteiger partial charge in [-0.05, 0) is 66.7 Å². The molecule has 0 aliphatic carbocycles. The van der Waals surface area contributed by atoms with Gasteiger partial charge in [-0.25, -0.2) is 5.43 Å². The van der Waals surface area contributed by atoms with E-state index in [0.717, 1.165) is 28.4 Å². The second-order valence-electron chi connectivity index (χ2n) is 7.75. The summed E-state index contributed by atoms with van der Waals surface area (Å²) in [5.41, 5.74) is 6.11. The Labute approximate surface area is 212 Å². The molecule has 4 rings (SSSR count). The van der Waals surface area contributed by atoms with Crippen molar-refractivity contribution in [1.29, 1.82) is 0 Å². The monoisotopic (exact) mass is 503 g/mol. The number of hydrogen-bond acceptors (Lipinski definition) is 7. The van der Waals surface area contributed by atoms with E-state index in [-0.39, 0.29) is 23.2 Å². The second-order valence-corrected chi connectivity index (χ2v) is 8.69. The summed E-state index contributed by atoms with van der Waals surface area (Å²) in [6.45, 7) is 2.03. The molecule has 10 heteroatoms. The van der Waals surface area contributed by atoms with E-state index < -0.39 is 0 Å². The number of hydrogen-bond donors (Lipinski definition) is 2. The number of nitrogens with one attached hydrogen (secondary N) is 2. The first-order valence-corrected chi connectivity index (χ1v) is 12.0. The van der Waals surface area contributed by atoms with Crippen LogP contribution in [0.15, 0.2) is 77.0 Å². The third kappa shape index (κ3) is 5.84. The number of H-pyrrole nitrogens is 1. The zero-order chi connectivity index (χ0) is 25.5. The van der Waals surface area contributed by atoms with Gasteiger partial charge in [0.1, 0.15) is 17.2 Å². The predicted octanol–water partition coefficient (Wildman–Crippen LogP) is 3.00. The summed E-state index contributed by atoms with van der Waals surface area (Å²) < 4.78 is 12.3. The molecule has 184 valence electrons. The summed E-state index contributed by atoms with van der Waals surface area (Å²) in [5, 5.41) is 23.8. The van der Waals surface area contributed by atoms with Crippen LogP contribution in [0.2, 0.25) is 0 Å². The van der Waals surface area contributed by atoms with E-state index >= 15 is 0 Å². The van der Waals surface area contributed by atoms with Crippen LogP contribution >= 0.6 is 11.8 Å². The molecule has 9 nitrogen and oxygen atoms in total. The molecule has 1 amide bonds. The van der Waals surface area contributed by atoms with Crippen molar-refractivity contribution in [3.63, 3.8) is 0 Å². The van der Waals surface area contributed by atoms with Gasteiger partial charge in [0.2, 0.25) is 0 Å². The molecule has 3 aromatic carbocycles. The van der Waals surface area contributed by atoms with Crippen molar-refractivity contribution >= 4 is 23.9 Å². The van der Waals surface area contributed by atoms with E-state index in [1.165, 1.54) is 31.2 Å². The van der Waals surface area contributed by atoms with Crippen LogP contribution in [0.3, 0.4) is 0 Å². The normalized spacial score (nSPS) is 11.0. The van der Waals surface area contributed by atoms with Crippen molar-refractivity contribution in [2.45, 2.75) is 12.1 Å².